The fourth-order valence-corrected chi connectivity index (χ4v) is 0.640. The Bertz CT molecular complexity index is 107. The van der Waals surface area contributed by atoms with Crippen LogP contribution in [-0.2, 0) is 4.74 Å². The molecule has 0 aromatic heterocycles. The third-order valence-corrected chi connectivity index (χ3v) is 1.31. The predicted octanol–water partition coefficient (Wildman–Crippen LogP) is 0.551. The first-order chi connectivity index (χ1) is 4.29. The van der Waals surface area contributed by atoms with Crippen LogP contribution in [0.3, 0.4) is 0 Å². The summed E-state index contributed by atoms with van der Waals surface area (Å²) in [5.41, 5.74) is 1.10. The first-order valence-corrected chi connectivity index (χ1v) is 3.26. The molecule has 0 saturated carbocycles. The molecule has 0 atom stereocenters. The van der Waals surface area contributed by atoms with Crippen LogP contribution in [0, 0.1) is 0 Å². The molecule has 0 radical (unpaired) electrons. The first-order valence-electron chi connectivity index (χ1n) is 3.26. The van der Waals surface area contributed by atoms with Crippen molar-refractivity contribution in [2.24, 2.45) is 0 Å². The highest BCUT2D eigenvalue weighted by Crippen LogP contribution is 1.99. The molecule has 1 N–H and O–H groups in total. The maximum atomic E-state index is 5.38. The lowest BCUT2D eigenvalue weighted by Gasteiger charge is -2.27. The zero-order chi connectivity index (χ0) is 6.69. The van der Waals surface area contributed by atoms with E-state index < -0.39 is 0 Å². The molecule has 1 aliphatic rings. The zero-order valence-electron chi connectivity index (χ0n) is 5.81. The maximum absolute atomic E-state index is 5.38. The van der Waals surface area contributed by atoms with Gasteiger partial charge in [-0.1, -0.05) is 12.2 Å². The van der Waals surface area contributed by atoms with Gasteiger partial charge in [-0.3, -0.25) is 0 Å². The Morgan fingerprint density at radius 3 is 2.78 bits per heavy atom. The van der Waals surface area contributed by atoms with E-state index in [4.69, 9.17) is 4.74 Å². The normalized spacial score (nSPS) is 19.2. The summed E-state index contributed by atoms with van der Waals surface area (Å²) in [7, 11) is 0. The van der Waals surface area contributed by atoms with Gasteiger partial charge in [0.2, 0.25) is 0 Å². The molecule has 2 heteroatoms. The topological polar surface area (TPSA) is 21.3 Å². The lowest BCUT2D eigenvalue weighted by Crippen LogP contribution is -2.48. The van der Waals surface area contributed by atoms with Crippen molar-refractivity contribution >= 4 is 0 Å². The standard InChI is InChI=1S/C7H13NO/c1-6(2)5-9-7-3-8-4-7/h7-8H,1,3-5H2,2H3. The number of hydrogen-bond acceptors (Lipinski definition) is 2. The van der Waals surface area contributed by atoms with Crippen molar-refractivity contribution < 1.29 is 4.74 Å². The lowest BCUT2D eigenvalue weighted by molar-refractivity contribution is 0.0328. The van der Waals surface area contributed by atoms with Gasteiger partial charge in [0.05, 0.1) is 12.7 Å². The number of nitrogens with one attached hydrogen (secondary N) is 1. The van der Waals surface area contributed by atoms with Gasteiger partial charge in [-0.25, -0.2) is 0 Å². The van der Waals surface area contributed by atoms with E-state index in [1.54, 1.807) is 0 Å². The quantitative estimate of drug-likeness (QED) is 0.559. The Labute approximate surface area is 55.9 Å². The molecule has 0 unspecified atom stereocenters. The average Bonchev–Trinajstić information content (AvgIpc) is 1.60. The largest absolute Gasteiger partial charge is 0.371 e. The zero-order valence-corrected chi connectivity index (χ0v) is 5.81. The van der Waals surface area contributed by atoms with Crippen LogP contribution in [0.15, 0.2) is 12.2 Å². The van der Waals surface area contributed by atoms with Crippen LogP contribution >= 0.6 is 0 Å². The second-order valence-electron chi connectivity index (χ2n) is 2.55. The SMILES string of the molecule is C=C(C)COC1CNC1. The molecule has 0 amide bonds. The van der Waals surface area contributed by atoms with Crippen LogP contribution in [0.1, 0.15) is 6.92 Å². The van der Waals surface area contributed by atoms with Crippen molar-refractivity contribution in [3.05, 3.63) is 12.2 Å². The third kappa shape index (κ3) is 2.16. The second-order valence-corrected chi connectivity index (χ2v) is 2.55. The summed E-state index contributed by atoms with van der Waals surface area (Å²) in [5, 5.41) is 3.13. The van der Waals surface area contributed by atoms with Crippen molar-refractivity contribution in [2.75, 3.05) is 19.7 Å². The van der Waals surface area contributed by atoms with Gasteiger partial charge in [-0.05, 0) is 6.92 Å². The minimum atomic E-state index is 0.446. The van der Waals surface area contributed by atoms with Crippen molar-refractivity contribution in [1.29, 1.82) is 0 Å². The van der Waals surface area contributed by atoms with Gasteiger partial charge in [0.25, 0.3) is 0 Å². The molecule has 0 aromatic carbocycles. The Hall–Kier alpha value is -0.340. The Morgan fingerprint density at radius 1 is 1.78 bits per heavy atom. The minimum absolute atomic E-state index is 0.446. The van der Waals surface area contributed by atoms with Crippen LogP contribution < -0.4 is 5.32 Å². The van der Waals surface area contributed by atoms with Gasteiger partial charge in [-0.2, -0.15) is 0 Å². The fourth-order valence-electron chi connectivity index (χ4n) is 0.640. The molecule has 0 spiro atoms. The first kappa shape index (κ1) is 6.78. The monoisotopic (exact) mass is 127 g/mol. The molecule has 0 bridgehead atoms. The Morgan fingerprint density at radius 2 is 2.44 bits per heavy atom. The van der Waals surface area contributed by atoms with E-state index in [0.717, 1.165) is 18.7 Å². The van der Waals surface area contributed by atoms with Crippen molar-refractivity contribution in [1.82, 2.24) is 5.32 Å². The van der Waals surface area contributed by atoms with Gasteiger partial charge in [-0.15, -0.1) is 0 Å². The van der Waals surface area contributed by atoms with E-state index >= 15 is 0 Å². The Balaban J connectivity index is 1.97. The summed E-state index contributed by atoms with van der Waals surface area (Å²) in [6.45, 7) is 8.45. The summed E-state index contributed by atoms with van der Waals surface area (Å²) in [6.07, 6.45) is 0.446. The van der Waals surface area contributed by atoms with Crippen molar-refractivity contribution in [3.63, 3.8) is 0 Å². The summed E-state index contributed by atoms with van der Waals surface area (Å²) in [4.78, 5) is 0. The highest BCUT2D eigenvalue weighted by molar-refractivity contribution is 4.89. The predicted molar refractivity (Wildman–Crippen MR) is 37.4 cm³/mol. The van der Waals surface area contributed by atoms with E-state index in [9.17, 15) is 0 Å². The van der Waals surface area contributed by atoms with Crippen LogP contribution in [0.2, 0.25) is 0 Å². The number of rotatable bonds is 3. The van der Waals surface area contributed by atoms with E-state index in [0.29, 0.717) is 12.7 Å². The van der Waals surface area contributed by atoms with Crippen LogP contribution in [0.4, 0.5) is 0 Å². The van der Waals surface area contributed by atoms with Gasteiger partial charge in [0.15, 0.2) is 0 Å². The molecule has 1 rings (SSSR count). The summed E-state index contributed by atoms with van der Waals surface area (Å²) >= 11 is 0. The molecular weight excluding hydrogens is 114 g/mol. The second kappa shape index (κ2) is 2.99. The van der Waals surface area contributed by atoms with E-state index in [1.807, 2.05) is 6.92 Å². The van der Waals surface area contributed by atoms with Crippen LogP contribution in [-0.4, -0.2) is 25.8 Å². The van der Waals surface area contributed by atoms with E-state index in [1.165, 1.54) is 0 Å². The molecule has 52 valence electrons. The van der Waals surface area contributed by atoms with Crippen LogP contribution in [0.25, 0.3) is 0 Å². The molecule has 2 nitrogen and oxygen atoms in total. The average molecular weight is 127 g/mol. The molecule has 1 fully saturated rings. The highest BCUT2D eigenvalue weighted by Gasteiger charge is 2.15. The fraction of sp³-hybridized carbons (Fsp3) is 0.714. The smallest absolute Gasteiger partial charge is 0.0827 e. The van der Waals surface area contributed by atoms with Gasteiger partial charge in [0.1, 0.15) is 0 Å². The minimum Gasteiger partial charge on any atom is -0.371 e. The highest BCUT2D eigenvalue weighted by atomic mass is 16.5. The number of ether oxygens (including phenoxy) is 1. The molecule has 9 heavy (non-hydrogen) atoms. The van der Waals surface area contributed by atoms with Gasteiger partial charge < -0.3 is 10.1 Å². The van der Waals surface area contributed by atoms with Crippen molar-refractivity contribution in [2.45, 2.75) is 13.0 Å². The number of hydrogen-bond donors (Lipinski definition) is 1. The summed E-state index contributed by atoms with van der Waals surface area (Å²) in [5.74, 6) is 0. The molecule has 1 saturated heterocycles. The Kier molecular flexibility index (Phi) is 2.25. The van der Waals surface area contributed by atoms with E-state index in [2.05, 4.69) is 11.9 Å². The molecule has 1 aliphatic heterocycles. The molecular formula is C7H13NO. The third-order valence-electron chi connectivity index (χ3n) is 1.31. The van der Waals surface area contributed by atoms with Gasteiger partial charge in [0, 0.05) is 13.1 Å². The van der Waals surface area contributed by atoms with E-state index in [-0.39, 0.29) is 0 Å². The maximum Gasteiger partial charge on any atom is 0.0827 e. The summed E-state index contributed by atoms with van der Waals surface area (Å²) < 4.78 is 5.38. The van der Waals surface area contributed by atoms with Gasteiger partial charge >= 0.3 is 0 Å². The van der Waals surface area contributed by atoms with Crippen molar-refractivity contribution in [3.8, 4) is 0 Å². The summed E-state index contributed by atoms with van der Waals surface area (Å²) in [6, 6.07) is 0. The lowest BCUT2D eigenvalue weighted by atomic mass is 10.2. The molecule has 0 aliphatic carbocycles. The molecule has 1 heterocycles. The van der Waals surface area contributed by atoms with Crippen LogP contribution in [0.5, 0.6) is 0 Å². The molecule has 0 aromatic rings.